The van der Waals surface area contributed by atoms with Crippen molar-refractivity contribution in [1.29, 1.82) is 5.26 Å². The number of aromatic nitrogens is 4. The monoisotopic (exact) mass is 516 g/mol. The number of carbonyl (C=O) groups is 1. The lowest BCUT2D eigenvalue weighted by atomic mass is 9.89. The topological polar surface area (TPSA) is 116 Å². The van der Waals surface area contributed by atoms with E-state index in [9.17, 15) is 19.2 Å². The Kier molecular flexibility index (Phi) is 6.68. The van der Waals surface area contributed by atoms with E-state index in [1.807, 2.05) is 24.0 Å². The molecule has 4 aromatic rings. The SMILES string of the molecule is Cc1ccc2nc(C(C#N)C(=O)c3nc(N4CCC(c5ccccc5F)CC4)ncc3Cl)[nH]c(=O)c2c1. The molecule has 0 spiro atoms. The van der Waals surface area contributed by atoms with E-state index in [2.05, 4.69) is 19.9 Å². The molecule has 0 amide bonds. The van der Waals surface area contributed by atoms with Gasteiger partial charge in [-0.15, -0.1) is 0 Å². The Labute approximate surface area is 216 Å². The molecule has 37 heavy (non-hydrogen) atoms. The number of rotatable bonds is 5. The standard InChI is InChI=1S/C27H22ClFN6O2/c1-15-6-7-22-18(12-15)26(37)34-25(32-22)19(13-30)24(36)23-20(28)14-31-27(33-23)35-10-8-16(9-11-35)17-4-2-3-5-21(17)29/h2-7,12,14,16,19H,8-11H2,1H3,(H,32,34,37). The van der Waals surface area contributed by atoms with Crippen molar-refractivity contribution in [1.82, 2.24) is 19.9 Å². The number of benzene rings is 2. The number of piperidine rings is 1. The largest absolute Gasteiger partial charge is 0.341 e. The van der Waals surface area contributed by atoms with Crippen LogP contribution in [0.5, 0.6) is 0 Å². The predicted octanol–water partition coefficient (Wildman–Crippen LogP) is 4.69. The minimum Gasteiger partial charge on any atom is -0.341 e. The molecule has 0 bridgehead atoms. The van der Waals surface area contributed by atoms with Crippen LogP contribution in [-0.2, 0) is 0 Å². The number of carbonyl (C=O) groups excluding carboxylic acids is 1. The van der Waals surface area contributed by atoms with Crippen LogP contribution >= 0.6 is 11.6 Å². The van der Waals surface area contributed by atoms with E-state index in [0.717, 1.165) is 5.56 Å². The van der Waals surface area contributed by atoms with E-state index in [0.29, 0.717) is 48.3 Å². The Morgan fingerprint density at radius 3 is 2.70 bits per heavy atom. The molecule has 10 heteroatoms. The Hall–Kier alpha value is -4.16. The molecular weight excluding hydrogens is 495 g/mol. The van der Waals surface area contributed by atoms with E-state index < -0.39 is 17.3 Å². The number of nitrogens with one attached hydrogen (secondary N) is 1. The van der Waals surface area contributed by atoms with Gasteiger partial charge in [-0.2, -0.15) is 5.26 Å². The van der Waals surface area contributed by atoms with Crippen LogP contribution in [0.25, 0.3) is 10.9 Å². The fourth-order valence-electron chi connectivity index (χ4n) is 4.67. The Bertz CT molecular complexity index is 1610. The minimum absolute atomic E-state index is 0.00555. The molecule has 1 aliphatic heterocycles. The van der Waals surface area contributed by atoms with Gasteiger partial charge in [-0.3, -0.25) is 9.59 Å². The maximum absolute atomic E-state index is 14.2. The van der Waals surface area contributed by atoms with Crippen LogP contribution in [0.4, 0.5) is 10.3 Å². The molecule has 2 aromatic carbocycles. The van der Waals surface area contributed by atoms with E-state index >= 15 is 0 Å². The lowest BCUT2D eigenvalue weighted by Gasteiger charge is -2.32. The van der Waals surface area contributed by atoms with Crippen molar-refractivity contribution in [2.24, 2.45) is 0 Å². The summed E-state index contributed by atoms with van der Waals surface area (Å²) in [5.74, 6) is -2.01. The highest BCUT2D eigenvalue weighted by Crippen LogP contribution is 2.32. The summed E-state index contributed by atoms with van der Waals surface area (Å²) in [6.45, 7) is 2.98. The van der Waals surface area contributed by atoms with Gasteiger partial charge in [-0.25, -0.2) is 19.3 Å². The minimum atomic E-state index is -1.41. The first-order chi connectivity index (χ1) is 17.9. The number of aromatic amines is 1. The molecule has 0 saturated carbocycles. The number of nitriles is 1. The fraction of sp³-hybridized carbons (Fsp3) is 0.259. The second kappa shape index (κ2) is 10.1. The lowest BCUT2D eigenvalue weighted by molar-refractivity contribution is 0.0971. The lowest BCUT2D eigenvalue weighted by Crippen LogP contribution is -2.34. The maximum Gasteiger partial charge on any atom is 0.258 e. The zero-order valence-corrected chi connectivity index (χ0v) is 20.7. The van der Waals surface area contributed by atoms with Crippen LogP contribution in [0.2, 0.25) is 5.02 Å². The number of aryl methyl sites for hydroxylation is 1. The van der Waals surface area contributed by atoms with Crippen LogP contribution in [-0.4, -0.2) is 38.8 Å². The summed E-state index contributed by atoms with van der Waals surface area (Å²) in [5.41, 5.74) is 1.40. The number of nitrogens with zero attached hydrogens (tertiary/aromatic N) is 5. The van der Waals surface area contributed by atoms with E-state index in [1.165, 1.54) is 12.3 Å². The summed E-state index contributed by atoms with van der Waals surface area (Å²) in [4.78, 5) is 43.5. The van der Waals surface area contributed by atoms with Crippen molar-refractivity contribution >= 4 is 34.2 Å². The molecule has 3 heterocycles. The molecule has 1 fully saturated rings. The van der Waals surface area contributed by atoms with Crippen molar-refractivity contribution < 1.29 is 9.18 Å². The molecule has 1 unspecified atom stereocenters. The predicted molar refractivity (Wildman–Crippen MR) is 137 cm³/mol. The number of anilines is 1. The van der Waals surface area contributed by atoms with Crippen LogP contribution in [0.15, 0.2) is 53.5 Å². The van der Waals surface area contributed by atoms with Crippen molar-refractivity contribution in [2.45, 2.75) is 31.6 Å². The van der Waals surface area contributed by atoms with Crippen molar-refractivity contribution in [3.63, 3.8) is 0 Å². The van der Waals surface area contributed by atoms with Crippen LogP contribution in [0.3, 0.4) is 0 Å². The molecule has 5 rings (SSSR count). The average molecular weight is 517 g/mol. The molecule has 186 valence electrons. The Balaban J connectivity index is 1.40. The average Bonchev–Trinajstić information content (AvgIpc) is 2.90. The maximum atomic E-state index is 14.2. The number of H-pyrrole nitrogens is 1. The summed E-state index contributed by atoms with van der Waals surface area (Å²) < 4.78 is 14.2. The number of hydrogen-bond acceptors (Lipinski definition) is 7. The first-order valence-electron chi connectivity index (χ1n) is 11.8. The third kappa shape index (κ3) is 4.80. The molecule has 1 atom stereocenters. The molecule has 1 N–H and O–H groups in total. The van der Waals surface area contributed by atoms with Crippen LogP contribution in [0, 0.1) is 24.1 Å². The van der Waals surface area contributed by atoms with Gasteiger partial charge in [0.15, 0.2) is 5.92 Å². The van der Waals surface area contributed by atoms with Crippen molar-refractivity contribution in [3.8, 4) is 6.07 Å². The highest BCUT2D eigenvalue weighted by Gasteiger charge is 2.30. The summed E-state index contributed by atoms with van der Waals surface area (Å²) >= 11 is 6.28. The van der Waals surface area contributed by atoms with Gasteiger partial charge in [0.05, 0.1) is 28.2 Å². The molecule has 0 radical (unpaired) electrons. The summed E-state index contributed by atoms with van der Waals surface area (Å²) in [5, 5.41) is 10.2. The van der Waals surface area contributed by atoms with Crippen LogP contribution < -0.4 is 10.5 Å². The third-order valence-electron chi connectivity index (χ3n) is 6.63. The second-order valence-corrected chi connectivity index (χ2v) is 9.45. The van der Waals surface area contributed by atoms with E-state index in [1.54, 1.807) is 30.3 Å². The quantitative estimate of drug-likeness (QED) is 0.382. The zero-order chi connectivity index (χ0) is 26.1. The number of fused-ring (bicyclic) bond motifs is 1. The summed E-state index contributed by atoms with van der Waals surface area (Å²) in [7, 11) is 0. The van der Waals surface area contributed by atoms with Gasteiger partial charge in [0, 0.05) is 13.1 Å². The molecule has 8 nitrogen and oxygen atoms in total. The van der Waals surface area contributed by atoms with Gasteiger partial charge in [0.25, 0.3) is 5.56 Å². The van der Waals surface area contributed by atoms with Crippen LogP contribution in [0.1, 0.15) is 52.1 Å². The number of halogens is 2. The van der Waals surface area contributed by atoms with Gasteiger partial charge >= 0.3 is 0 Å². The normalized spacial score (nSPS) is 14.9. The molecule has 1 saturated heterocycles. The number of hydrogen-bond donors (Lipinski definition) is 1. The number of ketones is 1. The summed E-state index contributed by atoms with van der Waals surface area (Å²) in [6.07, 6.45) is 2.71. The first kappa shape index (κ1) is 24.5. The van der Waals surface area contributed by atoms with Gasteiger partial charge < -0.3 is 9.88 Å². The Morgan fingerprint density at radius 1 is 1.22 bits per heavy atom. The van der Waals surface area contributed by atoms with Crippen molar-refractivity contribution in [2.75, 3.05) is 18.0 Å². The first-order valence-corrected chi connectivity index (χ1v) is 12.2. The highest BCUT2D eigenvalue weighted by atomic mass is 35.5. The molecule has 2 aromatic heterocycles. The molecular formula is C27H22ClFN6O2. The van der Waals surface area contributed by atoms with E-state index in [-0.39, 0.29) is 28.3 Å². The molecule has 0 aliphatic carbocycles. The molecule has 1 aliphatic rings. The third-order valence-corrected chi connectivity index (χ3v) is 6.91. The zero-order valence-electron chi connectivity index (χ0n) is 19.9. The second-order valence-electron chi connectivity index (χ2n) is 9.05. The fourth-order valence-corrected chi connectivity index (χ4v) is 4.85. The highest BCUT2D eigenvalue weighted by molar-refractivity contribution is 6.33. The van der Waals surface area contributed by atoms with E-state index in [4.69, 9.17) is 11.6 Å². The smallest absolute Gasteiger partial charge is 0.258 e. The van der Waals surface area contributed by atoms with Gasteiger partial charge in [0.2, 0.25) is 11.7 Å². The van der Waals surface area contributed by atoms with Crippen molar-refractivity contribution in [3.05, 3.63) is 92.5 Å². The van der Waals surface area contributed by atoms with Gasteiger partial charge in [-0.1, -0.05) is 41.4 Å². The number of Topliss-reactive ketones (excluding diaryl/α,β-unsaturated/α-hetero) is 1. The summed E-state index contributed by atoms with van der Waals surface area (Å²) in [6, 6.07) is 13.9. The van der Waals surface area contributed by atoms with Gasteiger partial charge in [0.1, 0.15) is 17.3 Å². The van der Waals surface area contributed by atoms with Gasteiger partial charge in [-0.05, 0) is 49.4 Å². The Morgan fingerprint density at radius 2 is 1.97 bits per heavy atom.